The van der Waals surface area contributed by atoms with E-state index in [4.69, 9.17) is 22.1 Å². The largest absolute Gasteiger partial charge is 0.496 e. The number of ketones is 1. The lowest BCUT2D eigenvalue weighted by Crippen LogP contribution is -2.33. The summed E-state index contributed by atoms with van der Waals surface area (Å²) in [5, 5.41) is 5.15. The predicted molar refractivity (Wildman–Crippen MR) is 119 cm³/mol. The lowest BCUT2D eigenvalue weighted by molar-refractivity contribution is -0.117. The first-order valence-electron chi connectivity index (χ1n) is 9.50. The zero-order valence-corrected chi connectivity index (χ0v) is 18.0. The number of rotatable bonds is 8. The van der Waals surface area contributed by atoms with Crippen LogP contribution in [0.3, 0.4) is 0 Å². The van der Waals surface area contributed by atoms with Crippen LogP contribution in [0.4, 0.5) is 20.2 Å². The van der Waals surface area contributed by atoms with Crippen molar-refractivity contribution in [2.75, 3.05) is 19.0 Å². The van der Waals surface area contributed by atoms with Crippen LogP contribution in [-0.2, 0) is 4.79 Å². The SMILES string of the molecule is COc1ccc(C(=O)NCC(N)=O)cc1C(=O)c1ccc(Nc2ccc(F)cc2F)cc1Cl. The van der Waals surface area contributed by atoms with Crippen LogP contribution in [0.5, 0.6) is 5.75 Å². The van der Waals surface area contributed by atoms with Crippen molar-refractivity contribution in [1.29, 1.82) is 0 Å². The molecule has 0 saturated carbocycles. The zero-order valence-electron chi connectivity index (χ0n) is 17.2. The van der Waals surface area contributed by atoms with Crippen LogP contribution in [0.25, 0.3) is 0 Å². The number of hydrogen-bond acceptors (Lipinski definition) is 5. The van der Waals surface area contributed by atoms with Crippen molar-refractivity contribution in [3.8, 4) is 5.75 Å². The second-order valence-electron chi connectivity index (χ2n) is 6.84. The summed E-state index contributed by atoms with van der Waals surface area (Å²) in [4.78, 5) is 36.3. The highest BCUT2D eigenvalue weighted by Crippen LogP contribution is 2.30. The minimum atomic E-state index is -0.789. The number of anilines is 2. The van der Waals surface area contributed by atoms with Gasteiger partial charge in [0.2, 0.25) is 5.91 Å². The molecule has 3 aromatic carbocycles. The van der Waals surface area contributed by atoms with Crippen LogP contribution in [0.1, 0.15) is 26.3 Å². The molecular formula is C23H18ClF2N3O4. The Bertz CT molecular complexity index is 1250. The highest BCUT2D eigenvalue weighted by atomic mass is 35.5. The fraction of sp³-hybridized carbons (Fsp3) is 0.0870. The maximum Gasteiger partial charge on any atom is 0.251 e. The predicted octanol–water partition coefficient (Wildman–Crippen LogP) is 3.82. The lowest BCUT2D eigenvalue weighted by Gasteiger charge is -2.13. The molecule has 2 amide bonds. The third kappa shape index (κ3) is 5.64. The molecule has 3 rings (SSSR count). The zero-order chi connectivity index (χ0) is 24.1. The van der Waals surface area contributed by atoms with Gasteiger partial charge in [-0.15, -0.1) is 0 Å². The average molecular weight is 474 g/mol. The minimum absolute atomic E-state index is 0.0305. The van der Waals surface area contributed by atoms with E-state index in [0.29, 0.717) is 5.69 Å². The number of nitrogens with two attached hydrogens (primary N) is 1. The smallest absolute Gasteiger partial charge is 0.251 e. The van der Waals surface area contributed by atoms with E-state index in [1.807, 2.05) is 0 Å². The van der Waals surface area contributed by atoms with Gasteiger partial charge < -0.3 is 21.1 Å². The van der Waals surface area contributed by atoms with Crippen molar-refractivity contribution >= 4 is 40.6 Å². The molecule has 0 fully saturated rings. The van der Waals surface area contributed by atoms with Gasteiger partial charge >= 0.3 is 0 Å². The van der Waals surface area contributed by atoms with Gasteiger partial charge in [0.05, 0.1) is 29.9 Å². The first kappa shape index (κ1) is 23.7. The van der Waals surface area contributed by atoms with Gasteiger partial charge in [0.15, 0.2) is 5.78 Å². The Labute approximate surface area is 192 Å². The molecule has 0 aliphatic rings. The molecule has 0 aromatic heterocycles. The molecule has 7 nitrogen and oxygen atoms in total. The Morgan fingerprint density at radius 1 is 1.00 bits per heavy atom. The van der Waals surface area contributed by atoms with E-state index in [0.717, 1.165) is 12.1 Å². The monoisotopic (exact) mass is 473 g/mol. The molecule has 0 heterocycles. The van der Waals surface area contributed by atoms with Crippen LogP contribution in [0, 0.1) is 11.6 Å². The number of benzene rings is 3. The van der Waals surface area contributed by atoms with Crippen LogP contribution in [0.15, 0.2) is 54.6 Å². The molecule has 4 N–H and O–H groups in total. The Kier molecular flexibility index (Phi) is 7.24. The van der Waals surface area contributed by atoms with Crippen molar-refractivity contribution in [1.82, 2.24) is 5.32 Å². The highest BCUT2D eigenvalue weighted by molar-refractivity contribution is 6.35. The Hall–Kier alpha value is -3.98. The Morgan fingerprint density at radius 2 is 1.76 bits per heavy atom. The molecular weight excluding hydrogens is 456 g/mol. The number of nitrogens with one attached hydrogen (secondary N) is 2. The van der Waals surface area contributed by atoms with E-state index in [1.165, 1.54) is 49.6 Å². The molecule has 0 aliphatic carbocycles. The molecule has 0 saturated heterocycles. The van der Waals surface area contributed by atoms with E-state index < -0.39 is 29.2 Å². The number of carbonyl (C=O) groups excluding carboxylic acids is 3. The minimum Gasteiger partial charge on any atom is -0.496 e. The van der Waals surface area contributed by atoms with Crippen molar-refractivity contribution in [2.45, 2.75) is 0 Å². The van der Waals surface area contributed by atoms with Crippen LogP contribution >= 0.6 is 11.6 Å². The van der Waals surface area contributed by atoms with Gasteiger partial charge in [-0.25, -0.2) is 8.78 Å². The molecule has 3 aromatic rings. The van der Waals surface area contributed by atoms with Gasteiger partial charge in [0, 0.05) is 22.9 Å². The van der Waals surface area contributed by atoms with Gasteiger partial charge in [0.25, 0.3) is 5.91 Å². The maximum absolute atomic E-state index is 13.9. The number of carbonyl (C=O) groups is 3. The molecule has 10 heteroatoms. The Morgan fingerprint density at radius 3 is 2.39 bits per heavy atom. The molecule has 170 valence electrons. The number of ether oxygens (including phenoxy) is 1. The summed E-state index contributed by atoms with van der Waals surface area (Å²) in [6.45, 7) is -0.358. The number of halogens is 3. The summed E-state index contributed by atoms with van der Waals surface area (Å²) >= 11 is 6.30. The quantitative estimate of drug-likeness (QED) is 0.431. The summed E-state index contributed by atoms with van der Waals surface area (Å²) in [7, 11) is 1.37. The van der Waals surface area contributed by atoms with Crippen LogP contribution in [-0.4, -0.2) is 31.3 Å². The highest BCUT2D eigenvalue weighted by Gasteiger charge is 2.20. The summed E-state index contributed by atoms with van der Waals surface area (Å²) in [5.41, 5.74) is 5.71. The fourth-order valence-electron chi connectivity index (χ4n) is 2.96. The van der Waals surface area contributed by atoms with Crippen molar-refractivity contribution < 1.29 is 27.9 Å². The molecule has 33 heavy (non-hydrogen) atoms. The van der Waals surface area contributed by atoms with E-state index in [9.17, 15) is 23.2 Å². The maximum atomic E-state index is 13.9. The average Bonchev–Trinajstić information content (AvgIpc) is 2.78. The number of primary amides is 1. The van der Waals surface area contributed by atoms with Crippen molar-refractivity contribution in [3.05, 3.63) is 87.9 Å². The molecule has 0 bridgehead atoms. The van der Waals surface area contributed by atoms with E-state index in [2.05, 4.69) is 10.6 Å². The first-order chi connectivity index (χ1) is 15.7. The number of methoxy groups -OCH3 is 1. The summed E-state index contributed by atoms with van der Waals surface area (Å²) in [5.74, 6) is -3.13. The number of hydrogen-bond donors (Lipinski definition) is 3. The van der Waals surface area contributed by atoms with Crippen molar-refractivity contribution in [3.63, 3.8) is 0 Å². The van der Waals surface area contributed by atoms with Gasteiger partial charge in [-0.1, -0.05) is 11.6 Å². The summed E-state index contributed by atoms with van der Waals surface area (Å²) in [6, 6.07) is 11.6. The summed E-state index contributed by atoms with van der Waals surface area (Å²) in [6.07, 6.45) is 0. The fourth-order valence-corrected chi connectivity index (χ4v) is 3.23. The van der Waals surface area contributed by atoms with Gasteiger partial charge in [-0.2, -0.15) is 0 Å². The van der Waals surface area contributed by atoms with Gasteiger partial charge in [-0.05, 0) is 48.5 Å². The topological polar surface area (TPSA) is 111 Å². The molecule has 0 atom stereocenters. The molecule has 0 unspecified atom stereocenters. The molecule has 0 radical (unpaired) electrons. The van der Waals surface area contributed by atoms with E-state index >= 15 is 0 Å². The second-order valence-corrected chi connectivity index (χ2v) is 7.24. The van der Waals surface area contributed by atoms with Gasteiger partial charge in [0.1, 0.15) is 17.4 Å². The third-order valence-electron chi connectivity index (χ3n) is 4.55. The molecule has 0 spiro atoms. The van der Waals surface area contributed by atoms with E-state index in [-0.39, 0.29) is 39.7 Å². The normalized spacial score (nSPS) is 10.4. The lowest BCUT2D eigenvalue weighted by atomic mass is 9.99. The van der Waals surface area contributed by atoms with Crippen LogP contribution < -0.4 is 21.1 Å². The van der Waals surface area contributed by atoms with E-state index in [1.54, 1.807) is 0 Å². The second kappa shape index (κ2) is 10.1. The van der Waals surface area contributed by atoms with Crippen LogP contribution in [0.2, 0.25) is 5.02 Å². The summed E-state index contributed by atoms with van der Waals surface area (Å²) < 4.78 is 32.2. The first-order valence-corrected chi connectivity index (χ1v) is 9.88. The van der Waals surface area contributed by atoms with Crippen molar-refractivity contribution in [2.24, 2.45) is 5.73 Å². The molecule has 0 aliphatic heterocycles. The third-order valence-corrected chi connectivity index (χ3v) is 4.87. The van der Waals surface area contributed by atoms with Gasteiger partial charge in [-0.3, -0.25) is 14.4 Å². The standard InChI is InChI=1S/C23H18ClF2N3O4/c1-33-20-7-2-12(23(32)28-11-21(27)30)8-16(20)22(31)15-5-4-14(10-17(15)24)29-19-6-3-13(25)9-18(19)26/h2-10,29H,11H2,1H3,(H2,27,30)(H,28,32). The number of amides is 2. The Balaban J connectivity index is 1.88.